The number of hydrogen-bond acceptors (Lipinski definition) is 0. The molecule has 0 aliphatic heterocycles. The lowest BCUT2D eigenvalue weighted by Gasteiger charge is -2.14. The van der Waals surface area contributed by atoms with Gasteiger partial charge in [-0.05, 0) is 56.8 Å². The van der Waals surface area contributed by atoms with E-state index in [-0.39, 0.29) is 0 Å². The zero-order valence-corrected chi connectivity index (χ0v) is 15.4. The summed E-state index contributed by atoms with van der Waals surface area (Å²) in [5, 5.41) is 0. The van der Waals surface area contributed by atoms with Crippen LogP contribution in [0.1, 0.15) is 104 Å². The Hall–Kier alpha value is -0.520. The molecule has 1 saturated carbocycles. The standard InChI is InChI=1S/C22H40/c1-3-5-7-9-11-13-15-18-22-20-16-19-21(22)17-14-12-10-8-6-4-2/h13-15,17,21-22H,3-12,16,18-20H2,1-2H3/t21-,22-/m0/s1. The molecule has 0 aromatic heterocycles. The lowest BCUT2D eigenvalue weighted by atomic mass is 9.92. The Morgan fingerprint density at radius 3 is 2.09 bits per heavy atom. The molecule has 0 N–H and O–H groups in total. The third-order valence-corrected chi connectivity index (χ3v) is 5.16. The van der Waals surface area contributed by atoms with Crippen molar-refractivity contribution < 1.29 is 0 Å². The van der Waals surface area contributed by atoms with E-state index >= 15 is 0 Å². The topological polar surface area (TPSA) is 0 Å². The first kappa shape index (κ1) is 19.5. The first-order valence-electron chi connectivity index (χ1n) is 10.2. The van der Waals surface area contributed by atoms with Crippen LogP contribution in [0.4, 0.5) is 0 Å². The maximum Gasteiger partial charge on any atom is -0.0202 e. The number of unbranched alkanes of at least 4 members (excludes halogenated alkanes) is 8. The fourth-order valence-corrected chi connectivity index (χ4v) is 3.65. The molecule has 0 nitrogen and oxygen atoms in total. The van der Waals surface area contributed by atoms with Gasteiger partial charge in [0, 0.05) is 0 Å². The van der Waals surface area contributed by atoms with Gasteiger partial charge in [-0.25, -0.2) is 0 Å². The van der Waals surface area contributed by atoms with E-state index in [0.717, 1.165) is 11.8 Å². The molecule has 0 aromatic rings. The van der Waals surface area contributed by atoms with Crippen molar-refractivity contribution >= 4 is 0 Å². The van der Waals surface area contributed by atoms with Gasteiger partial charge in [0.2, 0.25) is 0 Å². The molecule has 22 heavy (non-hydrogen) atoms. The number of allylic oxidation sites excluding steroid dienone is 4. The number of hydrogen-bond donors (Lipinski definition) is 0. The highest BCUT2D eigenvalue weighted by Crippen LogP contribution is 2.35. The summed E-state index contributed by atoms with van der Waals surface area (Å²) in [5.74, 6) is 1.80. The van der Waals surface area contributed by atoms with Crippen LogP contribution < -0.4 is 0 Å². The van der Waals surface area contributed by atoms with E-state index in [4.69, 9.17) is 0 Å². The van der Waals surface area contributed by atoms with Crippen LogP contribution in [-0.2, 0) is 0 Å². The van der Waals surface area contributed by atoms with Gasteiger partial charge >= 0.3 is 0 Å². The second kappa shape index (κ2) is 14.1. The van der Waals surface area contributed by atoms with Crippen LogP contribution in [0.25, 0.3) is 0 Å². The van der Waals surface area contributed by atoms with Gasteiger partial charge in [0.15, 0.2) is 0 Å². The quantitative estimate of drug-likeness (QED) is 0.240. The molecule has 1 rings (SSSR count). The average molecular weight is 305 g/mol. The number of rotatable bonds is 13. The van der Waals surface area contributed by atoms with Crippen LogP contribution >= 0.6 is 0 Å². The largest absolute Gasteiger partial charge is 0.0885 e. The highest BCUT2D eigenvalue weighted by Gasteiger charge is 2.23. The van der Waals surface area contributed by atoms with Crippen molar-refractivity contribution in [1.29, 1.82) is 0 Å². The summed E-state index contributed by atoms with van der Waals surface area (Å²) in [6.07, 6.45) is 29.3. The maximum atomic E-state index is 2.55. The minimum Gasteiger partial charge on any atom is -0.0885 e. The smallest absolute Gasteiger partial charge is 0.0202 e. The van der Waals surface area contributed by atoms with Gasteiger partial charge in [-0.1, -0.05) is 83.1 Å². The molecule has 0 bridgehead atoms. The maximum absolute atomic E-state index is 2.55. The van der Waals surface area contributed by atoms with Crippen LogP contribution in [0.15, 0.2) is 24.3 Å². The van der Waals surface area contributed by atoms with Crippen molar-refractivity contribution in [1.82, 2.24) is 0 Å². The Morgan fingerprint density at radius 2 is 1.41 bits per heavy atom. The molecule has 0 unspecified atom stereocenters. The fraction of sp³-hybridized carbons (Fsp3) is 0.818. The average Bonchev–Trinajstić information content (AvgIpc) is 2.97. The molecule has 0 saturated heterocycles. The summed E-state index contributed by atoms with van der Waals surface area (Å²) in [4.78, 5) is 0. The molecule has 1 fully saturated rings. The Labute approximate surface area is 140 Å². The van der Waals surface area contributed by atoms with Gasteiger partial charge in [-0.2, -0.15) is 0 Å². The fourth-order valence-electron chi connectivity index (χ4n) is 3.65. The molecule has 1 aliphatic carbocycles. The van der Waals surface area contributed by atoms with E-state index in [2.05, 4.69) is 38.2 Å². The minimum atomic E-state index is 0.871. The predicted octanol–water partition coefficient (Wildman–Crippen LogP) is 7.85. The highest BCUT2D eigenvalue weighted by molar-refractivity contribution is 4.97. The second-order valence-electron chi connectivity index (χ2n) is 7.19. The van der Waals surface area contributed by atoms with Crippen LogP contribution in [0.3, 0.4) is 0 Å². The highest BCUT2D eigenvalue weighted by atomic mass is 14.3. The molecular weight excluding hydrogens is 264 g/mol. The predicted molar refractivity (Wildman–Crippen MR) is 101 cm³/mol. The lowest BCUT2D eigenvalue weighted by molar-refractivity contribution is 0.462. The third kappa shape index (κ3) is 9.49. The molecule has 0 spiro atoms. The zero-order valence-electron chi connectivity index (χ0n) is 15.4. The monoisotopic (exact) mass is 304 g/mol. The van der Waals surface area contributed by atoms with E-state index in [1.54, 1.807) is 0 Å². The third-order valence-electron chi connectivity index (χ3n) is 5.16. The molecule has 0 radical (unpaired) electrons. The van der Waals surface area contributed by atoms with Crippen molar-refractivity contribution in [2.45, 2.75) is 104 Å². The molecule has 0 heterocycles. The van der Waals surface area contributed by atoms with Crippen molar-refractivity contribution in [3.63, 3.8) is 0 Å². The molecular formula is C22H40. The SMILES string of the molecule is CCCCCCC=CC[C@H]1CCC[C@@H]1C=CCCCCCC. The Balaban J connectivity index is 2.11. The van der Waals surface area contributed by atoms with Gasteiger partial charge in [-0.3, -0.25) is 0 Å². The van der Waals surface area contributed by atoms with Crippen molar-refractivity contribution in [2.75, 3.05) is 0 Å². The van der Waals surface area contributed by atoms with Crippen molar-refractivity contribution in [2.24, 2.45) is 11.8 Å². The van der Waals surface area contributed by atoms with E-state index < -0.39 is 0 Å². The van der Waals surface area contributed by atoms with Gasteiger partial charge in [0.25, 0.3) is 0 Å². The van der Waals surface area contributed by atoms with Crippen LogP contribution in [0.5, 0.6) is 0 Å². The van der Waals surface area contributed by atoms with E-state index in [0.29, 0.717) is 0 Å². The summed E-state index contributed by atoms with van der Waals surface area (Å²) in [6, 6.07) is 0. The van der Waals surface area contributed by atoms with E-state index in [1.165, 1.54) is 89.9 Å². The Morgan fingerprint density at radius 1 is 0.727 bits per heavy atom. The van der Waals surface area contributed by atoms with Crippen molar-refractivity contribution in [3.8, 4) is 0 Å². The van der Waals surface area contributed by atoms with Crippen LogP contribution in [0, 0.1) is 11.8 Å². The van der Waals surface area contributed by atoms with Gasteiger partial charge in [0.1, 0.15) is 0 Å². The first-order valence-corrected chi connectivity index (χ1v) is 10.2. The van der Waals surface area contributed by atoms with Crippen LogP contribution in [0.2, 0.25) is 0 Å². The first-order chi connectivity index (χ1) is 10.9. The van der Waals surface area contributed by atoms with Crippen molar-refractivity contribution in [3.05, 3.63) is 24.3 Å². The summed E-state index contributed by atoms with van der Waals surface area (Å²) in [7, 11) is 0. The zero-order chi connectivity index (χ0) is 15.9. The minimum absolute atomic E-state index is 0.871. The summed E-state index contributed by atoms with van der Waals surface area (Å²) >= 11 is 0. The Kier molecular flexibility index (Phi) is 12.5. The van der Waals surface area contributed by atoms with Gasteiger partial charge < -0.3 is 0 Å². The molecule has 2 atom stereocenters. The summed E-state index contributed by atoms with van der Waals surface area (Å²) < 4.78 is 0. The molecule has 0 amide bonds. The summed E-state index contributed by atoms with van der Waals surface area (Å²) in [6.45, 7) is 4.57. The second-order valence-corrected chi connectivity index (χ2v) is 7.19. The molecule has 0 aromatic carbocycles. The van der Waals surface area contributed by atoms with E-state index in [9.17, 15) is 0 Å². The normalized spacial score (nSPS) is 22.3. The van der Waals surface area contributed by atoms with E-state index in [1.807, 2.05) is 0 Å². The molecule has 128 valence electrons. The molecule has 0 heteroatoms. The van der Waals surface area contributed by atoms with Gasteiger partial charge in [-0.15, -0.1) is 0 Å². The molecule has 1 aliphatic rings. The summed E-state index contributed by atoms with van der Waals surface area (Å²) in [5.41, 5.74) is 0. The van der Waals surface area contributed by atoms with Crippen LogP contribution in [-0.4, -0.2) is 0 Å². The lowest BCUT2D eigenvalue weighted by Crippen LogP contribution is -2.03. The Bertz CT molecular complexity index is 286. The van der Waals surface area contributed by atoms with Gasteiger partial charge in [0.05, 0.1) is 0 Å².